The standard InChI is InChI=1S/C10H14N2O3S/c1-14-8-4-3-7(16-6-5-11)9(12-8)10(13)15-2/h3-4H,5-6,11H2,1-2H3. The van der Waals surface area contributed by atoms with Crippen LogP contribution in [0, 0.1) is 0 Å². The molecule has 1 rings (SSSR count). The fourth-order valence-corrected chi connectivity index (χ4v) is 1.84. The van der Waals surface area contributed by atoms with Gasteiger partial charge in [0.25, 0.3) is 0 Å². The lowest BCUT2D eigenvalue weighted by Crippen LogP contribution is -2.08. The van der Waals surface area contributed by atoms with Gasteiger partial charge < -0.3 is 15.2 Å². The molecule has 0 amide bonds. The molecule has 1 aromatic rings. The maximum absolute atomic E-state index is 11.5. The highest BCUT2D eigenvalue weighted by molar-refractivity contribution is 7.99. The summed E-state index contributed by atoms with van der Waals surface area (Å²) in [6.45, 7) is 0.539. The average Bonchev–Trinajstić information content (AvgIpc) is 2.35. The summed E-state index contributed by atoms with van der Waals surface area (Å²) in [6, 6.07) is 3.48. The van der Waals surface area contributed by atoms with E-state index < -0.39 is 5.97 Å². The van der Waals surface area contributed by atoms with E-state index in [4.69, 9.17) is 10.5 Å². The van der Waals surface area contributed by atoms with Crippen LogP contribution in [-0.4, -0.2) is 37.5 Å². The molecule has 1 heterocycles. The summed E-state index contributed by atoms with van der Waals surface area (Å²) in [7, 11) is 2.82. The number of aromatic nitrogens is 1. The summed E-state index contributed by atoms with van der Waals surface area (Å²) >= 11 is 1.47. The molecule has 0 fully saturated rings. The van der Waals surface area contributed by atoms with Gasteiger partial charge in [-0.1, -0.05) is 0 Å². The Morgan fingerprint density at radius 2 is 2.25 bits per heavy atom. The molecule has 0 aliphatic carbocycles. The number of nitrogens with two attached hydrogens (primary N) is 1. The molecular weight excluding hydrogens is 228 g/mol. The van der Waals surface area contributed by atoms with Gasteiger partial charge in [0, 0.05) is 23.3 Å². The van der Waals surface area contributed by atoms with Crippen LogP contribution in [0.3, 0.4) is 0 Å². The van der Waals surface area contributed by atoms with Crippen LogP contribution in [0.1, 0.15) is 10.5 Å². The highest BCUT2D eigenvalue weighted by atomic mass is 32.2. The molecule has 0 unspecified atom stereocenters. The monoisotopic (exact) mass is 242 g/mol. The van der Waals surface area contributed by atoms with Gasteiger partial charge in [-0.05, 0) is 6.07 Å². The normalized spacial score (nSPS) is 9.94. The molecule has 0 aromatic carbocycles. The summed E-state index contributed by atoms with van der Waals surface area (Å²) in [5.74, 6) is 0.633. The zero-order valence-electron chi connectivity index (χ0n) is 9.23. The first-order chi connectivity index (χ1) is 7.72. The molecule has 88 valence electrons. The van der Waals surface area contributed by atoms with Gasteiger partial charge in [0.1, 0.15) is 0 Å². The summed E-state index contributed by atoms with van der Waals surface area (Å²) in [5.41, 5.74) is 5.67. The minimum Gasteiger partial charge on any atom is -0.481 e. The first kappa shape index (κ1) is 12.8. The average molecular weight is 242 g/mol. The molecule has 0 aliphatic heterocycles. The van der Waals surface area contributed by atoms with Crippen LogP contribution >= 0.6 is 11.8 Å². The third-order valence-electron chi connectivity index (χ3n) is 1.80. The van der Waals surface area contributed by atoms with Gasteiger partial charge in [-0.2, -0.15) is 0 Å². The van der Waals surface area contributed by atoms with Gasteiger partial charge in [0.2, 0.25) is 5.88 Å². The topological polar surface area (TPSA) is 74.4 Å². The number of carbonyl (C=O) groups excluding carboxylic acids is 1. The van der Waals surface area contributed by atoms with Gasteiger partial charge in [-0.3, -0.25) is 0 Å². The number of methoxy groups -OCH3 is 2. The van der Waals surface area contributed by atoms with Crippen molar-refractivity contribution in [2.75, 3.05) is 26.5 Å². The molecule has 2 N–H and O–H groups in total. The highest BCUT2D eigenvalue weighted by Crippen LogP contribution is 2.24. The second-order valence-electron chi connectivity index (χ2n) is 2.83. The van der Waals surface area contributed by atoms with Crippen LogP contribution in [0.15, 0.2) is 17.0 Å². The number of thioether (sulfide) groups is 1. The van der Waals surface area contributed by atoms with Crippen molar-refractivity contribution in [1.29, 1.82) is 0 Å². The Morgan fingerprint density at radius 1 is 1.50 bits per heavy atom. The Morgan fingerprint density at radius 3 is 2.81 bits per heavy atom. The van der Waals surface area contributed by atoms with E-state index in [1.165, 1.54) is 26.0 Å². The van der Waals surface area contributed by atoms with E-state index in [1.807, 2.05) is 0 Å². The Hall–Kier alpha value is -1.27. The van der Waals surface area contributed by atoms with Crippen molar-refractivity contribution in [2.45, 2.75) is 4.90 Å². The molecule has 16 heavy (non-hydrogen) atoms. The van der Waals surface area contributed by atoms with E-state index in [-0.39, 0.29) is 5.69 Å². The van der Waals surface area contributed by atoms with Crippen molar-refractivity contribution in [1.82, 2.24) is 4.98 Å². The molecular formula is C10H14N2O3S. The largest absolute Gasteiger partial charge is 0.481 e. The van der Waals surface area contributed by atoms with Crippen LogP contribution in [0.25, 0.3) is 0 Å². The number of hydrogen-bond donors (Lipinski definition) is 1. The van der Waals surface area contributed by atoms with Crippen molar-refractivity contribution >= 4 is 17.7 Å². The minimum absolute atomic E-state index is 0.264. The van der Waals surface area contributed by atoms with Crippen molar-refractivity contribution in [3.8, 4) is 5.88 Å². The van der Waals surface area contributed by atoms with Crippen LogP contribution in [0.4, 0.5) is 0 Å². The van der Waals surface area contributed by atoms with E-state index in [2.05, 4.69) is 9.72 Å². The molecule has 0 saturated carbocycles. The lowest BCUT2D eigenvalue weighted by molar-refractivity contribution is 0.0588. The van der Waals surface area contributed by atoms with Crippen LogP contribution < -0.4 is 10.5 Å². The summed E-state index contributed by atoms with van der Waals surface area (Å²) in [5, 5.41) is 0. The van der Waals surface area contributed by atoms with Crippen molar-refractivity contribution in [2.24, 2.45) is 5.73 Å². The molecule has 5 nitrogen and oxygen atoms in total. The molecule has 1 aromatic heterocycles. The smallest absolute Gasteiger partial charge is 0.357 e. The molecule has 0 radical (unpaired) electrons. The number of rotatable bonds is 5. The first-order valence-corrected chi connectivity index (χ1v) is 5.67. The van der Waals surface area contributed by atoms with Crippen LogP contribution in [-0.2, 0) is 4.74 Å². The lowest BCUT2D eigenvalue weighted by atomic mass is 10.3. The van der Waals surface area contributed by atoms with Gasteiger partial charge in [0.05, 0.1) is 14.2 Å². The molecule has 0 aliphatic rings. The van der Waals surface area contributed by atoms with E-state index in [0.29, 0.717) is 12.4 Å². The summed E-state index contributed by atoms with van der Waals surface area (Å²) in [6.07, 6.45) is 0. The van der Waals surface area contributed by atoms with Crippen molar-refractivity contribution in [3.05, 3.63) is 17.8 Å². The number of hydrogen-bond acceptors (Lipinski definition) is 6. The Bertz CT molecular complexity index is 371. The zero-order valence-corrected chi connectivity index (χ0v) is 10.0. The van der Waals surface area contributed by atoms with Gasteiger partial charge in [-0.15, -0.1) is 11.8 Å². The summed E-state index contributed by atoms with van der Waals surface area (Å²) in [4.78, 5) is 16.3. The van der Waals surface area contributed by atoms with Crippen LogP contribution in [0.2, 0.25) is 0 Å². The third-order valence-corrected chi connectivity index (χ3v) is 2.88. The predicted molar refractivity (Wildman–Crippen MR) is 61.9 cm³/mol. The molecule has 0 atom stereocenters. The third kappa shape index (κ3) is 3.11. The van der Waals surface area contributed by atoms with Gasteiger partial charge in [-0.25, -0.2) is 9.78 Å². The van der Waals surface area contributed by atoms with E-state index in [9.17, 15) is 4.79 Å². The fraction of sp³-hybridized carbons (Fsp3) is 0.400. The van der Waals surface area contributed by atoms with Gasteiger partial charge in [0.15, 0.2) is 5.69 Å². The van der Waals surface area contributed by atoms with Gasteiger partial charge >= 0.3 is 5.97 Å². The summed E-state index contributed by atoms with van der Waals surface area (Å²) < 4.78 is 9.61. The Kier molecular flexibility index (Phi) is 5.07. The zero-order chi connectivity index (χ0) is 12.0. The minimum atomic E-state index is -0.474. The number of carbonyl (C=O) groups is 1. The molecule has 0 bridgehead atoms. The second kappa shape index (κ2) is 6.34. The molecule has 0 spiro atoms. The maximum atomic E-state index is 11.5. The van der Waals surface area contributed by atoms with E-state index >= 15 is 0 Å². The molecule has 0 saturated heterocycles. The quantitative estimate of drug-likeness (QED) is 0.611. The maximum Gasteiger partial charge on any atom is 0.357 e. The second-order valence-corrected chi connectivity index (χ2v) is 3.97. The highest BCUT2D eigenvalue weighted by Gasteiger charge is 2.15. The Balaban J connectivity index is 3.01. The Labute approximate surface area is 98.3 Å². The van der Waals surface area contributed by atoms with E-state index in [0.717, 1.165) is 10.6 Å². The number of esters is 1. The van der Waals surface area contributed by atoms with E-state index in [1.54, 1.807) is 12.1 Å². The number of pyridine rings is 1. The number of ether oxygens (including phenoxy) is 2. The fourth-order valence-electron chi connectivity index (χ4n) is 1.07. The SMILES string of the molecule is COC(=O)c1nc(OC)ccc1SCCN. The molecule has 6 heteroatoms. The van der Waals surface area contributed by atoms with Crippen molar-refractivity contribution in [3.63, 3.8) is 0 Å². The predicted octanol–water partition coefficient (Wildman–Crippen LogP) is 0.928. The lowest BCUT2D eigenvalue weighted by Gasteiger charge is -2.07. The first-order valence-electron chi connectivity index (χ1n) is 4.69. The van der Waals surface area contributed by atoms with Crippen molar-refractivity contribution < 1.29 is 14.3 Å². The van der Waals surface area contributed by atoms with Crippen LogP contribution in [0.5, 0.6) is 5.88 Å². The number of nitrogens with zero attached hydrogens (tertiary/aromatic N) is 1.